The zero-order chi connectivity index (χ0) is 50.5. The number of carbonyl (C=O) groups is 2. The van der Waals surface area contributed by atoms with E-state index >= 15 is 0 Å². The van der Waals surface area contributed by atoms with Gasteiger partial charge in [-0.25, -0.2) is 9.13 Å². The number of esters is 2. The molecule has 0 spiro atoms. The maximum Gasteiger partial charge on any atom is 0.472 e. The summed E-state index contributed by atoms with van der Waals surface area (Å²) in [5, 5.41) is 51.6. The van der Waals surface area contributed by atoms with Gasteiger partial charge in [0.05, 0.1) is 12.7 Å². The molecular weight excluding hydrogens is 922 g/mol. The van der Waals surface area contributed by atoms with Gasteiger partial charge in [0.25, 0.3) is 0 Å². The Morgan fingerprint density at radius 2 is 1.03 bits per heavy atom. The maximum atomic E-state index is 13.0. The smallest absolute Gasteiger partial charge is 0.462 e. The summed E-state index contributed by atoms with van der Waals surface area (Å²) in [7, 11) is -10.7. The molecule has 0 radical (unpaired) electrons. The summed E-state index contributed by atoms with van der Waals surface area (Å²) in [6.45, 7) is 2.91. The van der Waals surface area contributed by atoms with Crippen molar-refractivity contribution < 1.29 is 82.0 Å². The number of hydrogen-bond donors (Lipinski definition) is 8. The van der Waals surface area contributed by atoms with E-state index in [0.717, 1.165) is 70.6 Å². The van der Waals surface area contributed by atoms with E-state index in [1.165, 1.54) is 57.8 Å². The number of allylic oxidation sites excluding steroid dienone is 9. The summed E-state index contributed by atoms with van der Waals surface area (Å²) >= 11 is 0. The van der Waals surface area contributed by atoms with E-state index in [1.54, 1.807) is 12.2 Å². The van der Waals surface area contributed by atoms with E-state index in [2.05, 4.69) is 54.8 Å². The molecule has 1 rings (SSSR count). The third kappa shape index (κ3) is 33.3. The lowest BCUT2D eigenvalue weighted by Gasteiger charge is -2.43. The van der Waals surface area contributed by atoms with Crippen LogP contribution in [0.15, 0.2) is 60.8 Å². The van der Waals surface area contributed by atoms with Crippen molar-refractivity contribution in [1.29, 1.82) is 0 Å². The number of unbranched alkanes of at least 4 members (excludes halogenated alkanes) is 16. The Labute approximate surface area is 405 Å². The summed E-state index contributed by atoms with van der Waals surface area (Å²) in [6.07, 6.45) is 27.6. The highest BCUT2D eigenvalue weighted by molar-refractivity contribution is 7.47. The molecule has 0 saturated heterocycles. The molecule has 0 aliphatic heterocycles. The van der Waals surface area contributed by atoms with Crippen LogP contribution in [0.4, 0.5) is 0 Å². The monoisotopic (exact) mass is 1010 g/mol. The summed E-state index contributed by atoms with van der Waals surface area (Å²) in [6, 6.07) is 0. The van der Waals surface area contributed by atoms with E-state index in [9.17, 15) is 58.9 Å². The zero-order valence-corrected chi connectivity index (χ0v) is 42.4. The molecule has 0 aromatic rings. The number of phosphoric ester groups is 2. The van der Waals surface area contributed by atoms with Gasteiger partial charge < -0.3 is 49.7 Å². The predicted octanol–water partition coefficient (Wildman–Crippen LogP) is 8.81. The first kappa shape index (κ1) is 63.7. The second-order valence-corrected chi connectivity index (χ2v) is 20.0. The lowest BCUT2D eigenvalue weighted by Crippen LogP contribution is -2.64. The molecule has 1 aliphatic rings. The Balaban J connectivity index is 2.65. The molecule has 17 nitrogen and oxygen atoms in total. The summed E-state index contributed by atoms with van der Waals surface area (Å²) in [5.74, 6) is -1.41. The molecule has 8 N–H and O–H groups in total. The van der Waals surface area contributed by atoms with Gasteiger partial charge in [0.2, 0.25) is 0 Å². The lowest BCUT2D eigenvalue weighted by molar-refractivity contribution is -0.216. The molecule has 0 bridgehead atoms. The fraction of sp³-hybridized carbons (Fsp3) is 0.755. The molecule has 1 fully saturated rings. The third-order valence-electron chi connectivity index (χ3n) is 11.2. The molecule has 5 unspecified atom stereocenters. The van der Waals surface area contributed by atoms with Crippen molar-refractivity contribution in [2.75, 3.05) is 13.2 Å². The van der Waals surface area contributed by atoms with Crippen molar-refractivity contribution >= 4 is 27.6 Å². The minimum atomic E-state index is -5.39. The van der Waals surface area contributed by atoms with Crippen molar-refractivity contribution in [2.45, 2.75) is 223 Å². The fourth-order valence-electron chi connectivity index (χ4n) is 7.24. The molecule has 0 amide bonds. The van der Waals surface area contributed by atoms with E-state index < -0.39 is 89.6 Å². The van der Waals surface area contributed by atoms with Gasteiger partial charge >= 0.3 is 27.6 Å². The second-order valence-electron chi connectivity index (χ2n) is 17.4. The van der Waals surface area contributed by atoms with E-state index in [0.29, 0.717) is 6.42 Å². The average Bonchev–Trinajstić information content (AvgIpc) is 3.29. The predicted molar refractivity (Wildman–Crippen MR) is 261 cm³/mol. The molecule has 1 aliphatic carbocycles. The van der Waals surface area contributed by atoms with Crippen molar-refractivity contribution in [3.8, 4) is 0 Å². The Morgan fingerprint density at radius 1 is 0.544 bits per heavy atom. The zero-order valence-electron chi connectivity index (χ0n) is 40.6. The van der Waals surface area contributed by atoms with Gasteiger partial charge in [0, 0.05) is 12.8 Å². The molecule has 394 valence electrons. The highest BCUT2D eigenvalue weighted by atomic mass is 31.2. The molecule has 0 heterocycles. The van der Waals surface area contributed by atoms with Gasteiger partial charge in [-0.1, -0.05) is 152 Å². The molecule has 0 aromatic carbocycles. The first-order chi connectivity index (χ1) is 32.5. The van der Waals surface area contributed by atoms with Crippen LogP contribution in [0.1, 0.15) is 174 Å². The standard InChI is InChI=1S/C49H86O17P2/c1-3-5-7-9-11-13-15-17-18-19-20-22-24-26-28-30-32-36-43(52)64-41(39-63-68(60,61)66-49-46(55)44(53)45(54)48(47(49)56)65-67(57,58)59)38-62-42(51)37-33-35-40(50)34-31-29-27-25-23-21-16-14-12-10-8-6-4-2/h12,14,17-18,21,23,27,29,31,34,40-41,44-50,53-56H,3-11,13,15-16,19-20,22,24-26,28,30,32-33,35-39H2,1-2H3,(H,60,61)(H2,57,58,59)/b14-12-,18-17-,23-21-,29-27-,34-31+/t40-,41-,44?,45?,46?,47?,48-,49+/m1/s1. The quantitative estimate of drug-likeness (QED) is 0.00934. The first-order valence-electron chi connectivity index (χ1n) is 24.9. The van der Waals surface area contributed by atoms with E-state index in [1.807, 2.05) is 12.2 Å². The SMILES string of the molecule is CCCCC/C=C\C/C=C\C/C=C\C=C\[C@@H](O)CCCC(=O)OC[C@H](COP(=O)(O)O[C@H]1C(O)C(O)C(O)[C@@H](OP(=O)(O)O)C1O)OC(=O)CCCCCCCCC/C=C\CCCCCCCC. The second kappa shape index (κ2) is 39.3. The average molecular weight is 1010 g/mol. The topological polar surface area (TPSA) is 276 Å². The van der Waals surface area contributed by atoms with Gasteiger partial charge in [0.1, 0.15) is 43.2 Å². The third-order valence-corrected chi connectivity index (χ3v) is 12.7. The number of phosphoric acid groups is 2. The van der Waals surface area contributed by atoms with E-state index in [4.69, 9.17) is 18.5 Å². The number of aliphatic hydroxyl groups is 5. The molecule has 0 aromatic heterocycles. The number of aliphatic hydroxyl groups excluding tert-OH is 5. The van der Waals surface area contributed by atoms with Crippen LogP contribution in [-0.4, -0.2) is 114 Å². The number of hydrogen-bond acceptors (Lipinski definition) is 14. The maximum absolute atomic E-state index is 13.0. The Kier molecular flexibility index (Phi) is 36.8. The number of carbonyl (C=O) groups excluding carboxylic acids is 2. The van der Waals surface area contributed by atoms with Crippen LogP contribution in [0.2, 0.25) is 0 Å². The van der Waals surface area contributed by atoms with Gasteiger partial charge in [-0.15, -0.1) is 0 Å². The van der Waals surface area contributed by atoms with Crippen LogP contribution in [0.5, 0.6) is 0 Å². The van der Waals surface area contributed by atoms with Crippen molar-refractivity contribution in [3.05, 3.63) is 60.8 Å². The summed E-state index contributed by atoms with van der Waals surface area (Å²) in [5.41, 5.74) is 0. The van der Waals surface area contributed by atoms with Gasteiger partial charge in [-0.3, -0.25) is 23.2 Å². The Hall–Kier alpha value is -2.34. The molecular formula is C49H86O17P2. The summed E-state index contributed by atoms with van der Waals surface area (Å²) in [4.78, 5) is 54.4. The van der Waals surface area contributed by atoms with Gasteiger partial charge in [-0.05, 0) is 70.6 Å². The summed E-state index contributed by atoms with van der Waals surface area (Å²) < 4.78 is 49.3. The van der Waals surface area contributed by atoms with Crippen LogP contribution in [0, 0.1) is 0 Å². The van der Waals surface area contributed by atoms with Crippen LogP contribution < -0.4 is 0 Å². The first-order valence-corrected chi connectivity index (χ1v) is 28.0. The van der Waals surface area contributed by atoms with Crippen molar-refractivity contribution in [2.24, 2.45) is 0 Å². The van der Waals surface area contributed by atoms with Crippen LogP contribution in [-0.2, 0) is 41.8 Å². The van der Waals surface area contributed by atoms with Crippen LogP contribution in [0.3, 0.4) is 0 Å². The van der Waals surface area contributed by atoms with Gasteiger partial charge in [0.15, 0.2) is 6.10 Å². The van der Waals surface area contributed by atoms with Crippen molar-refractivity contribution in [3.63, 3.8) is 0 Å². The van der Waals surface area contributed by atoms with Crippen LogP contribution in [0.25, 0.3) is 0 Å². The normalized spacial score (nSPS) is 22.2. The Bertz CT molecular complexity index is 1560. The highest BCUT2D eigenvalue weighted by Crippen LogP contribution is 2.49. The Morgan fingerprint density at radius 3 is 1.63 bits per heavy atom. The fourth-order valence-corrected chi connectivity index (χ4v) is 8.78. The number of rotatable bonds is 41. The molecule has 9 atom stereocenters. The largest absolute Gasteiger partial charge is 0.472 e. The lowest BCUT2D eigenvalue weighted by atomic mass is 9.85. The minimum absolute atomic E-state index is 0.00307. The van der Waals surface area contributed by atoms with Crippen LogP contribution >= 0.6 is 15.6 Å². The molecule has 68 heavy (non-hydrogen) atoms. The number of ether oxygens (including phenoxy) is 2. The van der Waals surface area contributed by atoms with Crippen molar-refractivity contribution in [1.82, 2.24) is 0 Å². The minimum Gasteiger partial charge on any atom is -0.462 e. The highest BCUT2D eigenvalue weighted by Gasteiger charge is 2.54. The van der Waals surface area contributed by atoms with E-state index in [-0.39, 0.29) is 25.7 Å². The van der Waals surface area contributed by atoms with Gasteiger partial charge in [-0.2, -0.15) is 0 Å². The molecule has 1 saturated carbocycles. The molecule has 19 heteroatoms.